The summed E-state index contributed by atoms with van der Waals surface area (Å²) in [6, 6.07) is 6.35. The number of aromatic nitrogens is 2. The van der Waals surface area contributed by atoms with Crippen molar-refractivity contribution >= 4 is 90.7 Å². The number of aryl methyl sites for hydroxylation is 1. The third-order valence-corrected chi connectivity index (χ3v) is 6.15. The van der Waals surface area contributed by atoms with Gasteiger partial charge in [-0.25, -0.2) is 4.68 Å². The molecule has 9 nitrogen and oxygen atoms in total. The molecular weight excluding hydrogens is 450 g/mol. The van der Waals surface area contributed by atoms with Gasteiger partial charge in [-0.1, -0.05) is 6.07 Å². The van der Waals surface area contributed by atoms with Gasteiger partial charge in [0.05, 0.1) is 21.2 Å². The molecular formula is C14H12N2Na2O7S3. The monoisotopic (exact) mass is 462 g/mol. The van der Waals surface area contributed by atoms with Crippen molar-refractivity contribution < 1.29 is 25.9 Å². The summed E-state index contributed by atoms with van der Waals surface area (Å²) in [5.74, 6) is 0. The van der Waals surface area contributed by atoms with E-state index in [-0.39, 0.29) is 70.4 Å². The number of benzene rings is 1. The molecule has 0 unspecified atom stereocenters. The molecule has 2 aromatic heterocycles. The molecule has 0 aliphatic carbocycles. The van der Waals surface area contributed by atoms with Gasteiger partial charge in [0, 0.05) is 65.2 Å². The molecule has 14 heteroatoms. The number of aromatic amines is 1. The van der Waals surface area contributed by atoms with E-state index in [0.29, 0.717) is 11.8 Å². The standard InChI is InChI=1S/C14H12N2O7S3.2Na/c1-8-5-9(25(18,19)20)6-12(26(21,22)23)14(8)16-13(17)7-10(15-16)11-3-2-4-24-11;;/h2-7,15H,1H3,(H,18,19,20)(H,21,22,23);;. The van der Waals surface area contributed by atoms with E-state index in [0.717, 1.165) is 15.6 Å². The molecule has 2 radical (unpaired) electrons. The SMILES string of the molecule is Cc1cc(S(=O)(=O)O)cc(S(=O)(=O)O)c1-n1[nH]c(-c2cccs2)cc1=O.[Na].[Na]. The predicted molar refractivity (Wildman–Crippen MR) is 106 cm³/mol. The van der Waals surface area contributed by atoms with Crippen LogP contribution in [-0.4, -0.2) is 94.8 Å². The van der Waals surface area contributed by atoms with E-state index in [1.165, 1.54) is 24.3 Å². The van der Waals surface area contributed by atoms with Gasteiger partial charge < -0.3 is 0 Å². The molecule has 1 aromatic carbocycles. The predicted octanol–water partition coefficient (Wildman–Crippen LogP) is 0.934. The number of hydrogen-bond donors (Lipinski definition) is 3. The van der Waals surface area contributed by atoms with Crippen LogP contribution in [0.2, 0.25) is 0 Å². The van der Waals surface area contributed by atoms with Gasteiger partial charge >= 0.3 is 0 Å². The Morgan fingerprint density at radius 1 is 1.04 bits per heavy atom. The van der Waals surface area contributed by atoms with Crippen LogP contribution in [0.25, 0.3) is 16.3 Å². The average Bonchev–Trinajstić information content (AvgIpc) is 3.14. The van der Waals surface area contributed by atoms with Crippen molar-refractivity contribution in [3.8, 4) is 16.3 Å². The first kappa shape index (κ1) is 25.8. The van der Waals surface area contributed by atoms with E-state index in [4.69, 9.17) is 4.55 Å². The quantitative estimate of drug-likeness (QED) is 0.386. The minimum absolute atomic E-state index is 0. The summed E-state index contributed by atoms with van der Waals surface area (Å²) in [6.45, 7) is 1.34. The molecule has 3 N–H and O–H groups in total. The van der Waals surface area contributed by atoms with Crippen LogP contribution in [0.5, 0.6) is 0 Å². The Kier molecular flexibility index (Phi) is 8.53. The van der Waals surface area contributed by atoms with Crippen molar-refractivity contribution in [1.82, 2.24) is 9.78 Å². The first-order valence-corrected chi connectivity index (χ1v) is 10.7. The van der Waals surface area contributed by atoms with Crippen LogP contribution in [0, 0.1) is 6.92 Å². The summed E-state index contributed by atoms with van der Waals surface area (Å²) in [7, 11) is -9.62. The Balaban J connectivity index is 0.00000196. The fourth-order valence-corrected chi connectivity index (χ4v) is 4.60. The molecule has 2 heterocycles. The van der Waals surface area contributed by atoms with Gasteiger partial charge in [-0.2, -0.15) is 16.8 Å². The van der Waals surface area contributed by atoms with Gasteiger partial charge in [-0.05, 0) is 36.1 Å². The van der Waals surface area contributed by atoms with Crippen LogP contribution in [0.15, 0.2) is 50.3 Å². The van der Waals surface area contributed by atoms with Crippen LogP contribution < -0.4 is 5.56 Å². The normalized spacial score (nSPS) is 11.5. The first-order chi connectivity index (χ1) is 12.0. The van der Waals surface area contributed by atoms with E-state index in [1.54, 1.807) is 17.5 Å². The van der Waals surface area contributed by atoms with Gasteiger partial charge in [0.2, 0.25) is 0 Å². The van der Waals surface area contributed by atoms with E-state index in [1.807, 2.05) is 0 Å². The first-order valence-electron chi connectivity index (χ1n) is 6.94. The largest absolute Gasteiger partial charge is 0.296 e. The van der Waals surface area contributed by atoms with Gasteiger partial charge in [-0.15, -0.1) is 11.3 Å². The zero-order valence-electron chi connectivity index (χ0n) is 15.1. The minimum Gasteiger partial charge on any atom is -0.289 e. The Morgan fingerprint density at radius 3 is 2.18 bits per heavy atom. The number of thiophene rings is 1. The summed E-state index contributed by atoms with van der Waals surface area (Å²) in [6.07, 6.45) is 0. The zero-order valence-corrected chi connectivity index (χ0v) is 21.5. The van der Waals surface area contributed by atoms with E-state index < -0.39 is 35.6 Å². The van der Waals surface area contributed by atoms with Crippen LogP contribution >= 0.6 is 11.3 Å². The number of rotatable bonds is 4. The van der Waals surface area contributed by atoms with Crippen molar-refractivity contribution in [1.29, 1.82) is 0 Å². The van der Waals surface area contributed by atoms with E-state index in [2.05, 4.69) is 5.10 Å². The van der Waals surface area contributed by atoms with Crippen molar-refractivity contribution in [2.75, 3.05) is 0 Å². The molecule has 0 spiro atoms. The average molecular weight is 462 g/mol. The number of nitrogens with one attached hydrogen (secondary N) is 1. The van der Waals surface area contributed by atoms with Gasteiger partial charge in [-0.3, -0.25) is 19.0 Å². The second kappa shape index (κ2) is 9.27. The van der Waals surface area contributed by atoms with E-state index >= 15 is 0 Å². The summed E-state index contributed by atoms with van der Waals surface area (Å²) in [5.41, 5.74) is -0.396. The Hall–Kier alpha value is -0.250. The molecule has 0 aliphatic rings. The third kappa shape index (κ3) is 5.26. The Morgan fingerprint density at radius 2 is 1.68 bits per heavy atom. The van der Waals surface area contributed by atoms with E-state index in [9.17, 15) is 26.2 Å². The second-order valence-corrected chi connectivity index (χ2v) is 9.12. The fraction of sp³-hybridized carbons (Fsp3) is 0.0714. The Labute approximate surface area is 208 Å². The molecule has 3 rings (SSSR count). The van der Waals surface area contributed by atoms with Crippen LogP contribution in [0.1, 0.15) is 5.56 Å². The smallest absolute Gasteiger partial charge is 0.289 e. The fourth-order valence-electron chi connectivity index (χ4n) is 2.47. The maximum atomic E-state index is 12.3. The topological polar surface area (TPSA) is 147 Å². The van der Waals surface area contributed by atoms with Crippen LogP contribution in [0.3, 0.4) is 0 Å². The summed E-state index contributed by atoms with van der Waals surface area (Å²) in [4.78, 5) is 11.5. The molecule has 0 saturated carbocycles. The second-order valence-electron chi connectivity index (χ2n) is 5.36. The van der Waals surface area contributed by atoms with Crippen LogP contribution in [0.4, 0.5) is 0 Å². The molecule has 3 aromatic rings. The summed E-state index contributed by atoms with van der Waals surface area (Å²) < 4.78 is 65.8. The van der Waals surface area contributed by atoms with Crippen molar-refractivity contribution in [3.05, 3.63) is 51.6 Å². The van der Waals surface area contributed by atoms with Gasteiger partial charge in [0.15, 0.2) is 0 Å². The molecule has 140 valence electrons. The van der Waals surface area contributed by atoms with Crippen LogP contribution in [-0.2, 0) is 20.2 Å². The Bertz CT molecular complexity index is 1260. The molecule has 28 heavy (non-hydrogen) atoms. The summed E-state index contributed by atoms with van der Waals surface area (Å²) in [5, 5.41) is 4.53. The molecule has 0 atom stereocenters. The van der Waals surface area contributed by atoms with Crippen molar-refractivity contribution in [2.45, 2.75) is 16.7 Å². The third-order valence-electron chi connectivity index (χ3n) is 3.55. The number of H-pyrrole nitrogens is 1. The summed E-state index contributed by atoms with van der Waals surface area (Å²) >= 11 is 1.35. The number of hydrogen-bond acceptors (Lipinski definition) is 6. The molecule has 0 bridgehead atoms. The zero-order chi connectivity index (χ0) is 19.3. The maximum absolute atomic E-state index is 12.3. The minimum atomic E-state index is -4.90. The molecule has 0 saturated heterocycles. The molecule has 0 amide bonds. The maximum Gasteiger partial charge on any atom is 0.296 e. The van der Waals surface area contributed by atoms with Crippen molar-refractivity contribution in [2.24, 2.45) is 0 Å². The number of nitrogens with zero attached hydrogens (tertiary/aromatic N) is 1. The molecule has 0 aliphatic heterocycles. The van der Waals surface area contributed by atoms with Crippen molar-refractivity contribution in [3.63, 3.8) is 0 Å². The van der Waals surface area contributed by atoms with Gasteiger partial charge in [0.1, 0.15) is 4.90 Å². The molecule has 0 fully saturated rings. The van der Waals surface area contributed by atoms with Gasteiger partial charge in [0.25, 0.3) is 25.8 Å².